The quantitative estimate of drug-likeness (QED) is 0.761. The fourth-order valence-corrected chi connectivity index (χ4v) is 2.18. The van der Waals surface area contributed by atoms with E-state index < -0.39 is 0 Å². The molecule has 0 spiro atoms. The molecule has 0 atom stereocenters. The zero-order valence-corrected chi connectivity index (χ0v) is 11.6. The van der Waals surface area contributed by atoms with Crippen LogP contribution in [0.5, 0.6) is 11.5 Å². The molecule has 0 aliphatic rings. The fourth-order valence-electron chi connectivity index (χ4n) is 1.85. The Morgan fingerprint density at radius 1 is 1.32 bits per heavy atom. The van der Waals surface area contributed by atoms with E-state index in [0.29, 0.717) is 17.2 Å². The van der Waals surface area contributed by atoms with E-state index in [-0.39, 0.29) is 5.75 Å². The normalized spacial score (nSPS) is 10.8. The number of ether oxygens (including phenoxy) is 1. The molecule has 2 heterocycles. The van der Waals surface area contributed by atoms with Crippen molar-refractivity contribution in [2.75, 3.05) is 7.11 Å². The summed E-state index contributed by atoms with van der Waals surface area (Å²) in [6.07, 6.45) is 1.69. The van der Waals surface area contributed by atoms with E-state index >= 15 is 0 Å². The highest BCUT2D eigenvalue weighted by Crippen LogP contribution is 2.30. The topological polar surface area (TPSA) is 71.0 Å². The van der Waals surface area contributed by atoms with Gasteiger partial charge in [-0.25, -0.2) is 9.97 Å². The summed E-state index contributed by atoms with van der Waals surface area (Å²) in [6, 6.07) is 7.03. The van der Waals surface area contributed by atoms with Gasteiger partial charge in [-0.05, 0) is 40.2 Å². The first-order valence-corrected chi connectivity index (χ1v) is 6.35. The molecule has 6 heteroatoms. The number of aromatic amines is 1. The van der Waals surface area contributed by atoms with Crippen LogP contribution < -0.4 is 4.74 Å². The monoisotopic (exact) mass is 319 g/mol. The Bertz CT molecular complexity index is 755. The summed E-state index contributed by atoms with van der Waals surface area (Å²) in [7, 11) is 1.51. The Kier molecular flexibility index (Phi) is 2.87. The first-order valence-electron chi connectivity index (χ1n) is 5.56. The molecule has 2 aromatic heterocycles. The maximum Gasteiger partial charge on any atom is 0.178 e. The molecule has 3 aromatic rings. The van der Waals surface area contributed by atoms with Crippen LogP contribution >= 0.6 is 15.9 Å². The maximum absolute atomic E-state index is 9.78. The molecule has 0 aliphatic heterocycles. The summed E-state index contributed by atoms with van der Waals surface area (Å²) >= 11 is 3.36. The zero-order valence-electron chi connectivity index (χ0n) is 10.0. The summed E-state index contributed by atoms with van der Waals surface area (Å²) in [5.41, 5.74) is 2.24. The maximum atomic E-state index is 9.78. The number of halogens is 1. The second-order valence-electron chi connectivity index (χ2n) is 4.00. The van der Waals surface area contributed by atoms with Crippen molar-refractivity contribution in [3.63, 3.8) is 0 Å². The molecular weight excluding hydrogens is 310 g/mol. The van der Waals surface area contributed by atoms with Gasteiger partial charge in [-0.1, -0.05) is 0 Å². The van der Waals surface area contributed by atoms with E-state index in [1.165, 1.54) is 7.11 Å². The van der Waals surface area contributed by atoms with Gasteiger partial charge >= 0.3 is 0 Å². The van der Waals surface area contributed by atoms with Crippen molar-refractivity contribution in [2.24, 2.45) is 0 Å². The minimum absolute atomic E-state index is 0.0783. The predicted octanol–water partition coefficient (Wildman–Crippen LogP) is 3.10. The Morgan fingerprint density at radius 2 is 2.16 bits per heavy atom. The second kappa shape index (κ2) is 4.55. The van der Waals surface area contributed by atoms with E-state index in [2.05, 4.69) is 30.9 Å². The molecule has 0 amide bonds. The minimum Gasteiger partial charge on any atom is -0.504 e. The van der Waals surface area contributed by atoms with Crippen LogP contribution in [0.4, 0.5) is 0 Å². The van der Waals surface area contributed by atoms with E-state index in [1.807, 2.05) is 12.1 Å². The van der Waals surface area contributed by atoms with Gasteiger partial charge in [0.05, 0.1) is 12.6 Å². The number of aromatic nitrogens is 3. The van der Waals surface area contributed by atoms with Crippen LogP contribution in [0.3, 0.4) is 0 Å². The summed E-state index contributed by atoms with van der Waals surface area (Å²) in [6.45, 7) is 0. The summed E-state index contributed by atoms with van der Waals surface area (Å²) in [5.74, 6) is 1.16. The van der Waals surface area contributed by atoms with Crippen LogP contribution in [0, 0.1) is 0 Å². The molecule has 0 bridgehead atoms. The molecule has 0 fully saturated rings. The number of imidazole rings is 1. The summed E-state index contributed by atoms with van der Waals surface area (Å²) in [5, 5.41) is 9.78. The van der Waals surface area contributed by atoms with Gasteiger partial charge in [-0.15, -0.1) is 0 Å². The Hall–Kier alpha value is -2.08. The van der Waals surface area contributed by atoms with Gasteiger partial charge in [0, 0.05) is 16.2 Å². The number of methoxy groups -OCH3 is 1. The highest BCUT2D eigenvalue weighted by Gasteiger charge is 2.09. The molecule has 3 rings (SSSR count). The number of H-pyrrole nitrogens is 1. The number of nitrogens with one attached hydrogen (secondary N) is 1. The van der Waals surface area contributed by atoms with Crippen LogP contribution in [-0.2, 0) is 0 Å². The van der Waals surface area contributed by atoms with Gasteiger partial charge in [0.1, 0.15) is 5.82 Å². The van der Waals surface area contributed by atoms with Gasteiger partial charge in [0.25, 0.3) is 0 Å². The Labute approximate surface area is 117 Å². The Morgan fingerprint density at radius 3 is 2.89 bits per heavy atom. The van der Waals surface area contributed by atoms with Crippen molar-refractivity contribution >= 4 is 27.1 Å². The van der Waals surface area contributed by atoms with E-state index in [1.54, 1.807) is 18.3 Å². The number of benzene rings is 1. The molecule has 0 radical (unpaired) electrons. The lowest BCUT2D eigenvalue weighted by molar-refractivity contribution is 0.373. The second-order valence-corrected chi connectivity index (χ2v) is 4.91. The van der Waals surface area contributed by atoms with Crippen molar-refractivity contribution in [3.05, 3.63) is 34.9 Å². The summed E-state index contributed by atoms with van der Waals surface area (Å²) < 4.78 is 5.89. The summed E-state index contributed by atoms with van der Waals surface area (Å²) in [4.78, 5) is 11.7. The van der Waals surface area contributed by atoms with E-state index in [4.69, 9.17) is 4.74 Å². The standard InChI is InChI=1S/C13H10BrN3O2/c1-19-11-3-2-7(4-10(11)18)12-16-9-5-8(14)6-15-13(9)17-12/h2-6,18H,1H3,(H,15,16,17). The average Bonchev–Trinajstić information content (AvgIpc) is 2.81. The lowest BCUT2D eigenvalue weighted by atomic mass is 10.2. The first-order chi connectivity index (χ1) is 9.17. The number of pyridine rings is 1. The van der Waals surface area contributed by atoms with Crippen LogP contribution in [0.2, 0.25) is 0 Å². The third-order valence-corrected chi connectivity index (χ3v) is 3.19. The number of rotatable bonds is 2. The van der Waals surface area contributed by atoms with Crippen molar-refractivity contribution in [3.8, 4) is 22.9 Å². The van der Waals surface area contributed by atoms with Crippen molar-refractivity contribution in [2.45, 2.75) is 0 Å². The van der Waals surface area contributed by atoms with Crippen LogP contribution in [0.25, 0.3) is 22.6 Å². The molecule has 0 aliphatic carbocycles. The third-order valence-electron chi connectivity index (χ3n) is 2.76. The largest absolute Gasteiger partial charge is 0.504 e. The van der Waals surface area contributed by atoms with Crippen LogP contribution in [0.15, 0.2) is 34.9 Å². The predicted molar refractivity (Wildman–Crippen MR) is 75.2 cm³/mol. The lowest BCUT2D eigenvalue weighted by Gasteiger charge is -2.04. The molecule has 0 saturated carbocycles. The minimum atomic E-state index is 0.0783. The highest BCUT2D eigenvalue weighted by atomic mass is 79.9. The van der Waals surface area contributed by atoms with Crippen molar-refractivity contribution in [1.82, 2.24) is 15.0 Å². The lowest BCUT2D eigenvalue weighted by Crippen LogP contribution is -1.85. The van der Waals surface area contributed by atoms with E-state index in [9.17, 15) is 5.11 Å². The highest BCUT2D eigenvalue weighted by molar-refractivity contribution is 9.10. The van der Waals surface area contributed by atoms with Gasteiger partial charge in [-0.3, -0.25) is 0 Å². The molecule has 5 nitrogen and oxygen atoms in total. The van der Waals surface area contributed by atoms with Crippen molar-refractivity contribution in [1.29, 1.82) is 0 Å². The van der Waals surface area contributed by atoms with Gasteiger partial charge in [-0.2, -0.15) is 0 Å². The molecule has 2 N–H and O–H groups in total. The number of hydrogen-bond donors (Lipinski definition) is 2. The van der Waals surface area contributed by atoms with Crippen LogP contribution in [0.1, 0.15) is 0 Å². The average molecular weight is 320 g/mol. The Balaban J connectivity index is 2.11. The zero-order chi connectivity index (χ0) is 13.4. The van der Waals surface area contributed by atoms with Gasteiger partial charge < -0.3 is 14.8 Å². The number of nitrogens with zero attached hydrogens (tertiary/aromatic N) is 2. The van der Waals surface area contributed by atoms with E-state index in [0.717, 1.165) is 15.6 Å². The fraction of sp³-hybridized carbons (Fsp3) is 0.0769. The number of aromatic hydroxyl groups is 1. The van der Waals surface area contributed by atoms with Gasteiger partial charge in [0.2, 0.25) is 0 Å². The smallest absolute Gasteiger partial charge is 0.178 e. The number of phenolic OH excluding ortho intramolecular Hbond substituents is 1. The number of fused-ring (bicyclic) bond motifs is 1. The number of hydrogen-bond acceptors (Lipinski definition) is 4. The number of phenols is 1. The molecule has 0 saturated heterocycles. The first kappa shape index (κ1) is 12.0. The van der Waals surface area contributed by atoms with Gasteiger partial charge in [0.15, 0.2) is 17.1 Å². The molecular formula is C13H10BrN3O2. The molecule has 0 unspecified atom stereocenters. The third kappa shape index (κ3) is 2.15. The molecule has 19 heavy (non-hydrogen) atoms. The molecule has 1 aromatic carbocycles. The van der Waals surface area contributed by atoms with Crippen LogP contribution in [-0.4, -0.2) is 27.2 Å². The van der Waals surface area contributed by atoms with Crippen molar-refractivity contribution < 1.29 is 9.84 Å². The molecule has 96 valence electrons. The SMILES string of the molecule is COc1ccc(-c2nc3ncc(Br)cc3[nH]2)cc1O.